The van der Waals surface area contributed by atoms with E-state index in [1.165, 1.54) is 0 Å². The number of hydrogen-bond donors (Lipinski definition) is 0. The van der Waals surface area contributed by atoms with Gasteiger partial charge in [0.1, 0.15) is 0 Å². The standard InChI is InChI=1S/C3N2O3S/c6-1-4-3(8)9-5-2-7. The molecule has 5 nitrogen and oxygen atoms in total. The molecule has 0 unspecified atom stereocenters. The summed E-state index contributed by atoms with van der Waals surface area (Å²) in [6.07, 6.45) is 2.08. The average Bonchev–Trinajstić information content (AvgIpc) is 1.85. The number of nitrogens with zero attached hydrogens (tertiary/aromatic N) is 2. The third-order valence-electron chi connectivity index (χ3n) is 0.298. The summed E-state index contributed by atoms with van der Waals surface area (Å²) in [5.74, 6) is 0. The minimum absolute atomic E-state index is 0.234. The molecule has 0 fully saturated rings. The SMILES string of the molecule is O=C=NSC(=O)N=C=O. The molecule has 46 valence electrons. The topological polar surface area (TPSA) is 75.9 Å². The first-order valence-corrected chi connectivity index (χ1v) is 2.44. The smallest absolute Gasteiger partial charge is 0.256 e. The predicted molar refractivity (Wildman–Crippen MR) is 29.2 cm³/mol. The maximum atomic E-state index is 10.1. The lowest BCUT2D eigenvalue weighted by Crippen LogP contribution is -1.75. The molecule has 1 amide bonds. The molecule has 0 spiro atoms. The summed E-state index contributed by atoms with van der Waals surface area (Å²) in [7, 11) is 0. The molecule has 0 N–H and O–H groups in total. The minimum atomic E-state index is -0.881. The molecule has 0 heterocycles. The van der Waals surface area contributed by atoms with Gasteiger partial charge < -0.3 is 0 Å². The summed E-state index contributed by atoms with van der Waals surface area (Å²) in [4.78, 5) is 31.3. The van der Waals surface area contributed by atoms with Crippen molar-refractivity contribution in [1.29, 1.82) is 0 Å². The molecule has 9 heavy (non-hydrogen) atoms. The first kappa shape index (κ1) is 7.78. The van der Waals surface area contributed by atoms with Crippen molar-refractivity contribution in [2.45, 2.75) is 0 Å². The summed E-state index contributed by atoms with van der Waals surface area (Å²) < 4.78 is 2.78. The Bertz CT molecular complexity index is 201. The summed E-state index contributed by atoms with van der Waals surface area (Å²) in [6, 6.07) is 0. The number of amides is 1. The average molecular weight is 144 g/mol. The first-order valence-electron chi connectivity index (χ1n) is 1.67. The van der Waals surface area contributed by atoms with Crippen LogP contribution in [-0.4, -0.2) is 17.4 Å². The summed E-state index contributed by atoms with van der Waals surface area (Å²) in [6.45, 7) is 0. The second-order valence-corrected chi connectivity index (χ2v) is 1.46. The van der Waals surface area contributed by atoms with Gasteiger partial charge in [-0.1, -0.05) is 0 Å². The van der Waals surface area contributed by atoms with Gasteiger partial charge in [-0.2, -0.15) is 0 Å². The van der Waals surface area contributed by atoms with Crippen molar-refractivity contribution in [2.24, 2.45) is 9.39 Å². The zero-order chi connectivity index (χ0) is 7.11. The Morgan fingerprint density at radius 3 is 2.44 bits per heavy atom. The van der Waals surface area contributed by atoms with Crippen LogP contribution < -0.4 is 0 Å². The zero-order valence-corrected chi connectivity index (χ0v) is 4.84. The monoisotopic (exact) mass is 144 g/mol. The van der Waals surface area contributed by atoms with Gasteiger partial charge in [0.05, 0.1) is 11.9 Å². The minimum Gasteiger partial charge on any atom is -0.256 e. The second kappa shape index (κ2) is 4.93. The van der Waals surface area contributed by atoms with E-state index < -0.39 is 5.24 Å². The molecular formula is C3N2O3S. The van der Waals surface area contributed by atoms with Gasteiger partial charge in [-0.25, -0.2) is 9.59 Å². The van der Waals surface area contributed by atoms with Crippen LogP contribution in [0.1, 0.15) is 0 Å². The van der Waals surface area contributed by atoms with Gasteiger partial charge in [0, 0.05) is 0 Å². The van der Waals surface area contributed by atoms with Gasteiger partial charge in [-0.3, -0.25) is 4.79 Å². The van der Waals surface area contributed by atoms with Gasteiger partial charge in [0.25, 0.3) is 0 Å². The van der Waals surface area contributed by atoms with Gasteiger partial charge >= 0.3 is 5.24 Å². The third kappa shape index (κ3) is 4.64. The predicted octanol–water partition coefficient (Wildman–Crippen LogP) is 0.426. The normalized spacial score (nSPS) is 6.67. The molecule has 0 saturated heterocycles. The number of rotatable bonds is 1. The number of isocyanates is 2. The van der Waals surface area contributed by atoms with Crippen LogP contribution in [0.2, 0.25) is 0 Å². The van der Waals surface area contributed by atoms with E-state index in [-0.39, 0.29) is 11.9 Å². The van der Waals surface area contributed by atoms with Crippen LogP contribution in [0.25, 0.3) is 0 Å². The van der Waals surface area contributed by atoms with E-state index in [9.17, 15) is 14.4 Å². The fourth-order valence-electron chi connectivity index (χ4n) is 0.115. The lowest BCUT2D eigenvalue weighted by atomic mass is 11.3. The van der Waals surface area contributed by atoms with Crippen LogP contribution in [0.4, 0.5) is 4.79 Å². The van der Waals surface area contributed by atoms with Gasteiger partial charge in [-0.15, -0.1) is 9.39 Å². The molecule has 0 aliphatic carbocycles. The van der Waals surface area contributed by atoms with E-state index in [4.69, 9.17) is 0 Å². The lowest BCUT2D eigenvalue weighted by Gasteiger charge is -1.72. The van der Waals surface area contributed by atoms with Gasteiger partial charge in [0.2, 0.25) is 12.2 Å². The fraction of sp³-hybridized carbons (Fsp3) is 0. The first-order chi connectivity index (χ1) is 4.31. The Morgan fingerprint density at radius 2 is 2.00 bits per heavy atom. The third-order valence-corrected chi connectivity index (χ3v) is 0.711. The molecule has 0 aromatic heterocycles. The summed E-state index contributed by atoms with van der Waals surface area (Å²) in [5.41, 5.74) is 0. The summed E-state index contributed by atoms with van der Waals surface area (Å²) >= 11 is 0.234. The van der Waals surface area contributed by atoms with E-state index in [1.54, 1.807) is 0 Å². The molecule has 0 rings (SSSR count). The fourth-order valence-corrected chi connectivity index (χ4v) is 0.309. The van der Waals surface area contributed by atoms with Crippen LogP contribution in [0.5, 0.6) is 0 Å². The van der Waals surface area contributed by atoms with Crippen molar-refractivity contribution >= 4 is 29.3 Å². The molecule has 0 aliphatic rings. The highest BCUT2D eigenvalue weighted by Gasteiger charge is 1.94. The maximum absolute atomic E-state index is 10.1. The van der Waals surface area contributed by atoms with Crippen molar-refractivity contribution in [2.75, 3.05) is 0 Å². The molecule has 0 saturated carbocycles. The van der Waals surface area contributed by atoms with Crippen LogP contribution in [-0.2, 0) is 9.59 Å². The van der Waals surface area contributed by atoms with E-state index in [2.05, 4.69) is 9.39 Å². The van der Waals surface area contributed by atoms with Crippen LogP contribution in [0.15, 0.2) is 9.39 Å². The molecule has 0 bridgehead atoms. The number of aliphatic imine (C=N–C) groups is 1. The van der Waals surface area contributed by atoms with Crippen molar-refractivity contribution < 1.29 is 14.4 Å². The Labute approximate surface area is 54.0 Å². The maximum Gasteiger partial charge on any atom is 0.338 e. The van der Waals surface area contributed by atoms with Crippen molar-refractivity contribution in [3.63, 3.8) is 0 Å². The van der Waals surface area contributed by atoms with E-state index >= 15 is 0 Å². The Morgan fingerprint density at radius 1 is 1.33 bits per heavy atom. The Hall–Kier alpha value is -1.22. The van der Waals surface area contributed by atoms with Gasteiger partial charge in [-0.05, 0) is 0 Å². The molecule has 6 heteroatoms. The number of hydrogen-bond acceptors (Lipinski definition) is 5. The van der Waals surface area contributed by atoms with E-state index in [0.29, 0.717) is 0 Å². The molecule has 0 aliphatic heterocycles. The molecule has 0 aromatic rings. The number of carbonyl (C=O) groups excluding carboxylic acids is 3. The molecule has 0 radical (unpaired) electrons. The highest BCUT2D eigenvalue weighted by molar-refractivity contribution is 8.12. The summed E-state index contributed by atoms with van der Waals surface area (Å²) in [5, 5.41) is -0.881. The Kier molecular flexibility index (Phi) is 4.26. The van der Waals surface area contributed by atoms with E-state index in [0.717, 1.165) is 12.2 Å². The van der Waals surface area contributed by atoms with Crippen molar-refractivity contribution in [3.05, 3.63) is 0 Å². The quantitative estimate of drug-likeness (QED) is 0.303. The van der Waals surface area contributed by atoms with Crippen LogP contribution in [0, 0.1) is 0 Å². The molecule has 0 atom stereocenters. The molecular weight excluding hydrogens is 144 g/mol. The van der Waals surface area contributed by atoms with Crippen LogP contribution >= 0.6 is 11.9 Å². The van der Waals surface area contributed by atoms with Crippen molar-refractivity contribution in [1.82, 2.24) is 0 Å². The largest absolute Gasteiger partial charge is 0.338 e. The molecule has 0 aromatic carbocycles. The highest BCUT2D eigenvalue weighted by atomic mass is 32.2. The Balaban J connectivity index is 3.77. The van der Waals surface area contributed by atoms with Gasteiger partial charge in [0.15, 0.2) is 0 Å². The number of carbonyl (C=O) groups is 1. The highest BCUT2D eigenvalue weighted by Crippen LogP contribution is 2.02. The van der Waals surface area contributed by atoms with E-state index in [1.807, 2.05) is 0 Å². The lowest BCUT2D eigenvalue weighted by molar-refractivity contribution is 0.267. The zero-order valence-electron chi connectivity index (χ0n) is 4.03. The van der Waals surface area contributed by atoms with Crippen LogP contribution in [0.3, 0.4) is 0 Å². The van der Waals surface area contributed by atoms with Crippen molar-refractivity contribution in [3.8, 4) is 0 Å². The second-order valence-electron chi connectivity index (χ2n) is 0.743.